The SMILES string of the molecule is CCOC(=O)c1nn(Cc2ccccc2)cc1CNC1CCc2ccccc2NC1=O. The van der Waals surface area contributed by atoms with Gasteiger partial charge in [0.15, 0.2) is 5.69 Å². The van der Waals surface area contributed by atoms with E-state index < -0.39 is 5.97 Å². The summed E-state index contributed by atoms with van der Waals surface area (Å²) < 4.78 is 6.92. The minimum Gasteiger partial charge on any atom is -0.461 e. The van der Waals surface area contributed by atoms with E-state index in [0.717, 1.165) is 23.2 Å². The van der Waals surface area contributed by atoms with Crippen LogP contribution in [-0.2, 0) is 29.0 Å². The van der Waals surface area contributed by atoms with Crippen LogP contribution in [0.4, 0.5) is 5.69 Å². The highest BCUT2D eigenvalue weighted by atomic mass is 16.5. The van der Waals surface area contributed by atoms with E-state index in [9.17, 15) is 9.59 Å². The first-order valence-corrected chi connectivity index (χ1v) is 10.5. The molecule has 0 radical (unpaired) electrons. The predicted octanol–water partition coefficient (Wildman–Crippen LogP) is 3.15. The number of hydrogen-bond acceptors (Lipinski definition) is 5. The van der Waals surface area contributed by atoms with Crippen molar-refractivity contribution >= 4 is 17.6 Å². The summed E-state index contributed by atoms with van der Waals surface area (Å²) >= 11 is 0. The highest BCUT2D eigenvalue weighted by Gasteiger charge is 2.25. The number of nitrogens with one attached hydrogen (secondary N) is 2. The summed E-state index contributed by atoms with van der Waals surface area (Å²) in [5, 5.41) is 10.8. The Morgan fingerprint density at radius 2 is 1.97 bits per heavy atom. The monoisotopic (exact) mass is 418 g/mol. The number of carbonyl (C=O) groups excluding carboxylic acids is 2. The molecule has 0 bridgehead atoms. The van der Waals surface area contributed by atoms with Gasteiger partial charge in [0.1, 0.15) is 0 Å². The minimum absolute atomic E-state index is 0.0701. The van der Waals surface area contributed by atoms with E-state index in [1.165, 1.54) is 0 Å². The summed E-state index contributed by atoms with van der Waals surface area (Å²) in [7, 11) is 0. The van der Waals surface area contributed by atoms with Gasteiger partial charge in [-0.25, -0.2) is 4.79 Å². The van der Waals surface area contributed by atoms with Crippen molar-refractivity contribution in [3.05, 3.63) is 83.2 Å². The smallest absolute Gasteiger partial charge is 0.359 e. The standard InChI is InChI=1S/C24H26N4O3/c1-2-31-24(30)22-19(16-28(27-22)15-17-8-4-3-5-9-17)14-25-21-13-12-18-10-6-7-11-20(18)26-23(21)29/h3-11,16,21,25H,2,12-15H2,1H3,(H,26,29). The van der Waals surface area contributed by atoms with Gasteiger partial charge in [-0.05, 0) is 37.0 Å². The van der Waals surface area contributed by atoms with E-state index in [4.69, 9.17) is 4.74 Å². The van der Waals surface area contributed by atoms with Gasteiger partial charge >= 0.3 is 5.97 Å². The lowest BCUT2D eigenvalue weighted by Crippen LogP contribution is -2.39. The first-order valence-electron chi connectivity index (χ1n) is 10.5. The zero-order valence-electron chi connectivity index (χ0n) is 17.5. The number of esters is 1. The molecule has 7 nitrogen and oxygen atoms in total. The van der Waals surface area contributed by atoms with Gasteiger partial charge in [-0.15, -0.1) is 0 Å². The molecule has 1 aromatic heterocycles. The lowest BCUT2D eigenvalue weighted by molar-refractivity contribution is -0.118. The van der Waals surface area contributed by atoms with Gasteiger partial charge in [0.05, 0.1) is 19.2 Å². The number of aromatic nitrogens is 2. The van der Waals surface area contributed by atoms with Gasteiger partial charge in [-0.1, -0.05) is 48.5 Å². The normalized spacial score (nSPS) is 15.6. The molecule has 0 saturated heterocycles. The Morgan fingerprint density at radius 1 is 1.19 bits per heavy atom. The van der Waals surface area contributed by atoms with Crippen molar-refractivity contribution in [2.75, 3.05) is 11.9 Å². The second-order valence-electron chi connectivity index (χ2n) is 7.53. The summed E-state index contributed by atoms with van der Waals surface area (Å²) in [6.07, 6.45) is 3.32. The zero-order chi connectivity index (χ0) is 21.6. The predicted molar refractivity (Wildman–Crippen MR) is 118 cm³/mol. The maximum atomic E-state index is 12.7. The van der Waals surface area contributed by atoms with Crippen LogP contribution in [0.5, 0.6) is 0 Å². The van der Waals surface area contributed by atoms with E-state index >= 15 is 0 Å². The summed E-state index contributed by atoms with van der Waals surface area (Å²) in [6.45, 7) is 2.94. The van der Waals surface area contributed by atoms with Crippen LogP contribution in [0.3, 0.4) is 0 Å². The van der Waals surface area contributed by atoms with Crippen LogP contribution >= 0.6 is 0 Å². The van der Waals surface area contributed by atoms with Gasteiger partial charge in [0.25, 0.3) is 0 Å². The molecule has 0 spiro atoms. The van der Waals surface area contributed by atoms with Gasteiger partial charge in [-0.2, -0.15) is 5.10 Å². The van der Waals surface area contributed by atoms with Crippen molar-refractivity contribution in [3.8, 4) is 0 Å². The van der Waals surface area contributed by atoms with Gasteiger partial charge in [0, 0.05) is 24.0 Å². The number of ether oxygens (including phenoxy) is 1. The molecule has 31 heavy (non-hydrogen) atoms. The fourth-order valence-electron chi connectivity index (χ4n) is 3.75. The Bertz CT molecular complexity index is 1060. The molecule has 0 fully saturated rings. The Balaban J connectivity index is 1.49. The van der Waals surface area contributed by atoms with Crippen LogP contribution < -0.4 is 10.6 Å². The number of aryl methyl sites for hydroxylation is 1. The van der Waals surface area contributed by atoms with Crippen LogP contribution in [0, 0.1) is 0 Å². The molecule has 160 valence electrons. The number of fused-ring (bicyclic) bond motifs is 1. The van der Waals surface area contributed by atoms with Crippen molar-refractivity contribution < 1.29 is 14.3 Å². The lowest BCUT2D eigenvalue weighted by Gasteiger charge is -2.15. The maximum Gasteiger partial charge on any atom is 0.359 e. The molecule has 7 heteroatoms. The second-order valence-corrected chi connectivity index (χ2v) is 7.53. The van der Waals surface area contributed by atoms with Crippen molar-refractivity contribution in [1.29, 1.82) is 0 Å². The molecule has 0 saturated carbocycles. The average Bonchev–Trinajstić information content (AvgIpc) is 3.10. The summed E-state index contributed by atoms with van der Waals surface area (Å²) in [5.41, 5.74) is 4.06. The summed E-state index contributed by atoms with van der Waals surface area (Å²) in [5.74, 6) is -0.525. The molecule has 1 aliphatic rings. The largest absolute Gasteiger partial charge is 0.461 e. The van der Waals surface area contributed by atoms with E-state index in [1.54, 1.807) is 11.6 Å². The highest BCUT2D eigenvalue weighted by molar-refractivity contribution is 5.96. The number of benzene rings is 2. The molecule has 4 rings (SSSR count). The number of hydrogen-bond donors (Lipinski definition) is 2. The molecular weight excluding hydrogens is 392 g/mol. The molecule has 3 aromatic rings. The molecule has 2 N–H and O–H groups in total. The molecule has 1 atom stereocenters. The number of anilines is 1. The maximum absolute atomic E-state index is 12.7. The van der Waals surface area contributed by atoms with Crippen molar-refractivity contribution in [3.63, 3.8) is 0 Å². The zero-order valence-corrected chi connectivity index (χ0v) is 17.5. The van der Waals surface area contributed by atoms with E-state index in [0.29, 0.717) is 25.1 Å². The van der Waals surface area contributed by atoms with E-state index in [2.05, 4.69) is 15.7 Å². The fourth-order valence-corrected chi connectivity index (χ4v) is 3.75. The first kappa shape index (κ1) is 20.8. The van der Waals surface area contributed by atoms with Gasteiger partial charge < -0.3 is 15.4 Å². The number of rotatable bonds is 7. The van der Waals surface area contributed by atoms with Crippen LogP contribution in [0.1, 0.15) is 40.5 Å². The molecule has 1 aliphatic heterocycles. The molecule has 1 amide bonds. The Labute approximate surface area is 181 Å². The van der Waals surface area contributed by atoms with Crippen LogP contribution in [0.25, 0.3) is 0 Å². The van der Waals surface area contributed by atoms with Crippen LogP contribution in [-0.4, -0.2) is 34.3 Å². The summed E-state index contributed by atoms with van der Waals surface area (Å²) in [4.78, 5) is 25.1. The molecule has 2 heterocycles. The molecule has 2 aromatic carbocycles. The third-order valence-electron chi connectivity index (χ3n) is 5.33. The number of carbonyl (C=O) groups is 2. The van der Waals surface area contributed by atoms with E-state index in [1.807, 2.05) is 60.8 Å². The third-order valence-corrected chi connectivity index (χ3v) is 5.33. The molecule has 0 aliphatic carbocycles. The van der Waals surface area contributed by atoms with Crippen LogP contribution in [0.15, 0.2) is 60.8 Å². The Hall–Kier alpha value is -3.45. The van der Waals surface area contributed by atoms with Crippen LogP contribution in [0.2, 0.25) is 0 Å². The van der Waals surface area contributed by atoms with Gasteiger partial charge in [-0.3, -0.25) is 9.48 Å². The Kier molecular flexibility index (Phi) is 6.43. The lowest BCUT2D eigenvalue weighted by atomic mass is 10.1. The molecular formula is C24H26N4O3. The average molecular weight is 418 g/mol. The van der Waals surface area contributed by atoms with Crippen molar-refractivity contribution in [1.82, 2.24) is 15.1 Å². The highest BCUT2D eigenvalue weighted by Crippen LogP contribution is 2.22. The first-order chi connectivity index (χ1) is 15.1. The quantitative estimate of drug-likeness (QED) is 0.576. The second kappa shape index (κ2) is 9.57. The number of amides is 1. The molecule has 1 unspecified atom stereocenters. The number of para-hydroxylation sites is 1. The Morgan fingerprint density at radius 3 is 2.77 bits per heavy atom. The fraction of sp³-hybridized carbons (Fsp3) is 0.292. The number of nitrogens with zero attached hydrogens (tertiary/aromatic N) is 2. The van der Waals surface area contributed by atoms with Crippen molar-refractivity contribution in [2.45, 2.75) is 38.9 Å². The summed E-state index contributed by atoms with van der Waals surface area (Å²) in [6, 6.07) is 17.4. The van der Waals surface area contributed by atoms with Crippen molar-refractivity contribution in [2.24, 2.45) is 0 Å². The van der Waals surface area contributed by atoms with E-state index in [-0.39, 0.29) is 24.2 Å². The minimum atomic E-state index is -0.455. The third kappa shape index (κ3) is 5.00. The topological polar surface area (TPSA) is 85.2 Å². The van der Waals surface area contributed by atoms with Gasteiger partial charge in [0.2, 0.25) is 5.91 Å².